The third kappa shape index (κ3) is 2.68. The lowest BCUT2D eigenvalue weighted by molar-refractivity contribution is 0.202. The molecule has 0 fully saturated rings. The fourth-order valence-corrected chi connectivity index (χ4v) is 1.77. The number of rotatable bonds is 4. The smallest absolute Gasteiger partial charge is 0.139 e. The van der Waals surface area contributed by atoms with Gasteiger partial charge in [-0.05, 0) is 12.1 Å². The van der Waals surface area contributed by atoms with Gasteiger partial charge in [0.2, 0.25) is 0 Å². The Kier molecular flexibility index (Phi) is 4.51. The highest BCUT2D eigenvalue weighted by molar-refractivity contribution is 6.44. The van der Waals surface area contributed by atoms with E-state index in [0.29, 0.717) is 22.5 Å². The molecule has 1 aromatic carbocycles. The van der Waals surface area contributed by atoms with Crippen molar-refractivity contribution in [1.29, 1.82) is 0 Å². The molecule has 0 spiro atoms. The van der Waals surface area contributed by atoms with Gasteiger partial charge in [0, 0.05) is 14.2 Å². The second-order valence-electron chi connectivity index (χ2n) is 3.03. The van der Waals surface area contributed by atoms with Crippen LogP contribution in [-0.2, 0) is 4.74 Å². The number of anilines is 1. The van der Waals surface area contributed by atoms with E-state index in [2.05, 4.69) is 0 Å². The predicted molar refractivity (Wildman–Crippen MR) is 63.3 cm³/mol. The van der Waals surface area contributed by atoms with Crippen LogP contribution in [-0.4, -0.2) is 28.0 Å². The van der Waals surface area contributed by atoms with Gasteiger partial charge in [-0.3, -0.25) is 0 Å². The Balaban J connectivity index is 3.06. The summed E-state index contributed by atoms with van der Waals surface area (Å²) in [6.07, 6.45) is 0. The summed E-state index contributed by atoms with van der Waals surface area (Å²) < 4.78 is 10.1. The predicted octanol–water partition coefficient (Wildman–Crippen LogP) is 3.04. The summed E-state index contributed by atoms with van der Waals surface area (Å²) in [5.41, 5.74) is 0.810. The van der Waals surface area contributed by atoms with Crippen LogP contribution in [0.1, 0.15) is 0 Å². The number of halogens is 2. The Bertz CT molecular complexity index is 344. The van der Waals surface area contributed by atoms with Gasteiger partial charge in [0.05, 0.1) is 17.8 Å². The van der Waals surface area contributed by atoms with E-state index in [9.17, 15) is 0 Å². The number of methoxy groups -OCH3 is 2. The van der Waals surface area contributed by atoms with Crippen molar-refractivity contribution in [3.05, 3.63) is 22.2 Å². The Morgan fingerprint density at radius 1 is 1.20 bits per heavy atom. The Morgan fingerprint density at radius 2 is 1.87 bits per heavy atom. The first-order valence-corrected chi connectivity index (χ1v) is 5.09. The maximum Gasteiger partial charge on any atom is 0.139 e. The molecule has 0 aliphatic heterocycles. The van der Waals surface area contributed by atoms with Crippen LogP contribution < -0.4 is 9.64 Å². The second-order valence-corrected chi connectivity index (χ2v) is 3.79. The summed E-state index contributed by atoms with van der Waals surface area (Å²) in [7, 11) is 5.04. The van der Waals surface area contributed by atoms with Crippen molar-refractivity contribution in [1.82, 2.24) is 0 Å². The average molecular weight is 250 g/mol. The summed E-state index contributed by atoms with van der Waals surface area (Å²) >= 11 is 12.1. The lowest BCUT2D eigenvalue weighted by Gasteiger charge is -2.20. The molecule has 0 saturated heterocycles. The fraction of sp³-hybridized carbons (Fsp3) is 0.400. The summed E-state index contributed by atoms with van der Waals surface area (Å²) in [6, 6.07) is 3.61. The van der Waals surface area contributed by atoms with E-state index in [4.69, 9.17) is 32.7 Å². The summed E-state index contributed by atoms with van der Waals surface area (Å²) in [5, 5.41) is 0.884. The van der Waals surface area contributed by atoms with E-state index in [1.165, 1.54) is 0 Å². The second kappa shape index (κ2) is 5.45. The van der Waals surface area contributed by atoms with Crippen LogP contribution in [0.2, 0.25) is 10.0 Å². The van der Waals surface area contributed by atoms with Crippen LogP contribution in [0.5, 0.6) is 5.75 Å². The highest BCUT2D eigenvalue weighted by atomic mass is 35.5. The van der Waals surface area contributed by atoms with Gasteiger partial charge in [-0.15, -0.1) is 0 Å². The number of nitrogens with zero attached hydrogens (tertiary/aromatic N) is 1. The van der Waals surface area contributed by atoms with E-state index in [-0.39, 0.29) is 0 Å². The molecule has 0 radical (unpaired) electrons. The van der Waals surface area contributed by atoms with E-state index in [1.54, 1.807) is 20.3 Å². The van der Waals surface area contributed by atoms with Gasteiger partial charge < -0.3 is 14.4 Å². The molecule has 0 N–H and O–H groups in total. The Hall–Kier alpha value is -0.640. The van der Waals surface area contributed by atoms with Crippen LogP contribution in [0.3, 0.4) is 0 Å². The largest absolute Gasteiger partial charge is 0.495 e. The minimum absolute atomic E-state index is 0.416. The lowest BCUT2D eigenvalue weighted by atomic mass is 10.3. The standard InChI is InChI=1S/C10H13Cl2NO2/c1-13(6-14-2)7-4-5-8(15-3)10(12)9(7)11/h4-5H,6H2,1-3H3. The van der Waals surface area contributed by atoms with Gasteiger partial charge in [0.1, 0.15) is 17.5 Å². The molecule has 0 bridgehead atoms. The van der Waals surface area contributed by atoms with Gasteiger partial charge >= 0.3 is 0 Å². The van der Waals surface area contributed by atoms with Gasteiger partial charge in [-0.1, -0.05) is 23.2 Å². The van der Waals surface area contributed by atoms with E-state index in [1.807, 2.05) is 18.0 Å². The molecule has 0 amide bonds. The molecular weight excluding hydrogens is 237 g/mol. The molecule has 0 aliphatic rings. The maximum atomic E-state index is 6.10. The zero-order valence-electron chi connectivity index (χ0n) is 8.88. The minimum Gasteiger partial charge on any atom is -0.495 e. The van der Waals surface area contributed by atoms with E-state index >= 15 is 0 Å². The molecule has 0 atom stereocenters. The molecule has 84 valence electrons. The van der Waals surface area contributed by atoms with Gasteiger partial charge in [0.25, 0.3) is 0 Å². The van der Waals surface area contributed by atoms with Crippen molar-refractivity contribution < 1.29 is 9.47 Å². The van der Waals surface area contributed by atoms with Crippen molar-refractivity contribution in [3.8, 4) is 5.75 Å². The quantitative estimate of drug-likeness (QED) is 0.766. The van der Waals surface area contributed by atoms with E-state index in [0.717, 1.165) is 5.69 Å². The SMILES string of the molecule is COCN(C)c1ccc(OC)c(Cl)c1Cl. The van der Waals surface area contributed by atoms with Gasteiger partial charge in [-0.2, -0.15) is 0 Å². The highest BCUT2D eigenvalue weighted by Gasteiger charge is 2.12. The van der Waals surface area contributed by atoms with Crippen molar-refractivity contribution in [2.75, 3.05) is 32.9 Å². The summed E-state index contributed by atoms with van der Waals surface area (Å²) in [5.74, 6) is 0.566. The van der Waals surface area contributed by atoms with Crippen molar-refractivity contribution in [3.63, 3.8) is 0 Å². The molecule has 1 rings (SSSR count). The van der Waals surface area contributed by atoms with E-state index < -0.39 is 0 Å². The minimum atomic E-state index is 0.416. The highest BCUT2D eigenvalue weighted by Crippen LogP contribution is 2.38. The summed E-state index contributed by atoms with van der Waals surface area (Å²) in [6.45, 7) is 0.447. The van der Waals surface area contributed by atoms with Crippen LogP contribution in [0, 0.1) is 0 Å². The normalized spacial score (nSPS) is 10.2. The van der Waals surface area contributed by atoms with Crippen LogP contribution in [0.4, 0.5) is 5.69 Å². The molecule has 0 heterocycles. The van der Waals surface area contributed by atoms with Gasteiger partial charge in [0.15, 0.2) is 0 Å². The molecular formula is C10H13Cl2NO2. The van der Waals surface area contributed by atoms with Crippen LogP contribution in [0.25, 0.3) is 0 Å². The Labute approximate surface area is 99.5 Å². The maximum absolute atomic E-state index is 6.10. The van der Waals surface area contributed by atoms with Crippen LogP contribution >= 0.6 is 23.2 Å². The molecule has 0 unspecified atom stereocenters. The summed E-state index contributed by atoms with van der Waals surface area (Å²) in [4.78, 5) is 1.85. The lowest BCUT2D eigenvalue weighted by Crippen LogP contribution is -2.20. The van der Waals surface area contributed by atoms with Crippen molar-refractivity contribution >= 4 is 28.9 Å². The molecule has 0 saturated carbocycles. The topological polar surface area (TPSA) is 21.7 Å². The van der Waals surface area contributed by atoms with Crippen molar-refractivity contribution in [2.45, 2.75) is 0 Å². The number of hydrogen-bond donors (Lipinski definition) is 0. The third-order valence-corrected chi connectivity index (χ3v) is 2.83. The van der Waals surface area contributed by atoms with Crippen LogP contribution in [0.15, 0.2) is 12.1 Å². The zero-order valence-corrected chi connectivity index (χ0v) is 10.4. The third-order valence-electron chi connectivity index (χ3n) is 1.98. The molecule has 0 aromatic heterocycles. The number of hydrogen-bond acceptors (Lipinski definition) is 3. The molecule has 15 heavy (non-hydrogen) atoms. The first-order chi connectivity index (χ1) is 7.11. The average Bonchev–Trinajstić information content (AvgIpc) is 2.22. The van der Waals surface area contributed by atoms with Gasteiger partial charge in [-0.25, -0.2) is 0 Å². The first-order valence-electron chi connectivity index (χ1n) is 4.33. The zero-order chi connectivity index (χ0) is 11.4. The molecule has 3 nitrogen and oxygen atoms in total. The Morgan fingerprint density at radius 3 is 2.40 bits per heavy atom. The number of ether oxygens (including phenoxy) is 2. The number of benzene rings is 1. The first kappa shape index (κ1) is 12.4. The fourth-order valence-electron chi connectivity index (χ4n) is 1.24. The molecule has 5 heteroatoms. The van der Waals surface area contributed by atoms with Crippen molar-refractivity contribution in [2.24, 2.45) is 0 Å². The molecule has 1 aromatic rings. The molecule has 0 aliphatic carbocycles. The monoisotopic (exact) mass is 249 g/mol.